The van der Waals surface area contributed by atoms with E-state index in [4.69, 9.17) is 0 Å². The second kappa shape index (κ2) is 5.17. The molecule has 4 nitrogen and oxygen atoms in total. The first-order valence-corrected chi connectivity index (χ1v) is 7.79. The SMILES string of the molecule is Cc1cnc(C(C)NS(=O)(=O)c2ccccc2)s1. The van der Waals surface area contributed by atoms with Crippen molar-refractivity contribution in [3.05, 3.63) is 46.4 Å². The largest absolute Gasteiger partial charge is 0.248 e. The third kappa shape index (κ3) is 2.95. The lowest BCUT2D eigenvalue weighted by Crippen LogP contribution is -2.26. The fraction of sp³-hybridized carbons (Fsp3) is 0.250. The maximum absolute atomic E-state index is 12.1. The number of rotatable bonds is 4. The zero-order valence-corrected chi connectivity index (χ0v) is 11.8. The van der Waals surface area contributed by atoms with Gasteiger partial charge in [-0.25, -0.2) is 18.1 Å². The van der Waals surface area contributed by atoms with E-state index in [0.717, 1.165) is 9.88 Å². The van der Waals surface area contributed by atoms with Crippen molar-refractivity contribution in [1.29, 1.82) is 0 Å². The van der Waals surface area contributed by atoms with Crippen LogP contribution in [0.15, 0.2) is 41.4 Å². The van der Waals surface area contributed by atoms with E-state index in [1.165, 1.54) is 11.3 Å². The maximum Gasteiger partial charge on any atom is 0.241 e. The Morgan fingerprint density at radius 3 is 2.50 bits per heavy atom. The Kier molecular flexibility index (Phi) is 3.79. The molecule has 0 aliphatic rings. The van der Waals surface area contributed by atoms with Gasteiger partial charge in [-0.1, -0.05) is 18.2 Å². The van der Waals surface area contributed by atoms with Gasteiger partial charge in [0.15, 0.2) is 0 Å². The molecule has 0 bridgehead atoms. The molecule has 96 valence electrons. The van der Waals surface area contributed by atoms with Gasteiger partial charge >= 0.3 is 0 Å². The number of aryl methyl sites for hydroxylation is 1. The summed E-state index contributed by atoms with van der Waals surface area (Å²) in [6.45, 7) is 3.73. The zero-order valence-electron chi connectivity index (χ0n) is 10.1. The molecular weight excluding hydrogens is 268 g/mol. The third-order valence-corrected chi connectivity index (χ3v) is 5.05. The molecule has 1 atom stereocenters. The molecule has 0 saturated carbocycles. The molecule has 2 aromatic rings. The van der Waals surface area contributed by atoms with Crippen LogP contribution in [0, 0.1) is 6.92 Å². The fourth-order valence-electron chi connectivity index (χ4n) is 1.52. The summed E-state index contributed by atoms with van der Waals surface area (Å²) in [5.74, 6) is 0. The number of nitrogens with zero attached hydrogens (tertiary/aromatic N) is 1. The summed E-state index contributed by atoms with van der Waals surface area (Å²) in [6.07, 6.45) is 1.74. The van der Waals surface area contributed by atoms with Crippen molar-refractivity contribution in [1.82, 2.24) is 9.71 Å². The number of thiazole rings is 1. The lowest BCUT2D eigenvalue weighted by Gasteiger charge is -2.11. The third-order valence-electron chi connectivity index (χ3n) is 2.40. The second-order valence-corrected chi connectivity index (χ2v) is 6.95. The van der Waals surface area contributed by atoms with Gasteiger partial charge in [-0.2, -0.15) is 0 Å². The molecule has 1 N–H and O–H groups in total. The minimum Gasteiger partial charge on any atom is -0.248 e. The van der Waals surface area contributed by atoms with Crippen LogP contribution in [0.5, 0.6) is 0 Å². The van der Waals surface area contributed by atoms with Crippen molar-refractivity contribution in [3.8, 4) is 0 Å². The normalized spacial score (nSPS) is 13.4. The molecule has 0 aliphatic heterocycles. The van der Waals surface area contributed by atoms with Crippen molar-refractivity contribution in [2.45, 2.75) is 24.8 Å². The number of nitrogens with one attached hydrogen (secondary N) is 1. The molecule has 0 fully saturated rings. The van der Waals surface area contributed by atoms with Crippen LogP contribution in [0.1, 0.15) is 22.9 Å². The van der Waals surface area contributed by atoms with E-state index in [2.05, 4.69) is 9.71 Å². The Morgan fingerprint density at radius 1 is 1.28 bits per heavy atom. The average molecular weight is 282 g/mol. The van der Waals surface area contributed by atoms with Gasteiger partial charge in [-0.3, -0.25) is 0 Å². The fourth-order valence-corrected chi connectivity index (χ4v) is 3.60. The maximum atomic E-state index is 12.1. The Morgan fingerprint density at radius 2 is 1.94 bits per heavy atom. The number of sulfonamides is 1. The molecular formula is C12H14N2O2S2. The van der Waals surface area contributed by atoms with Gasteiger partial charge in [0.1, 0.15) is 5.01 Å². The molecule has 0 amide bonds. The molecule has 0 spiro atoms. The Hall–Kier alpha value is -1.24. The van der Waals surface area contributed by atoms with Crippen LogP contribution in [0.3, 0.4) is 0 Å². The highest BCUT2D eigenvalue weighted by Gasteiger charge is 2.19. The van der Waals surface area contributed by atoms with Crippen LogP contribution < -0.4 is 4.72 Å². The van der Waals surface area contributed by atoms with Gasteiger partial charge in [-0.05, 0) is 26.0 Å². The standard InChI is InChI=1S/C12H14N2O2S2/c1-9-8-13-12(17-9)10(2)14-18(15,16)11-6-4-3-5-7-11/h3-8,10,14H,1-2H3. The van der Waals surface area contributed by atoms with Gasteiger partial charge in [-0.15, -0.1) is 11.3 Å². The van der Waals surface area contributed by atoms with Crippen LogP contribution in [-0.4, -0.2) is 13.4 Å². The highest BCUT2D eigenvalue weighted by Crippen LogP contribution is 2.21. The zero-order chi connectivity index (χ0) is 13.2. The summed E-state index contributed by atoms with van der Waals surface area (Å²) in [4.78, 5) is 5.52. The van der Waals surface area contributed by atoms with Crippen molar-refractivity contribution < 1.29 is 8.42 Å². The summed E-state index contributed by atoms with van der Waals surface area (Å²) >= 11 is 1.49. The molecule has 0 aliphatic carbocycles. The second-order valence-electron chi connectivity index (χ2n) is 3.97. The Bertz CT molecular complexity index is 621. The van der Waals surface area contributed by atoms with Gasteiger partial charge in [0.25, 0.3) is 0 Å². The first-order valence-electron chi connectivity index (χ1n) is 5.49. The summed E-state index contributed by atoms with van der Waals surface area (Å²) in [5, 5.41) is 0.770. The van der Waals surface area contributed by atoms with Gasteiger partial charge in [0, 0.05) is 11.1 Å². The van der Waals surface area contributed by atoms with E-state index in [-0.39, 0.29) is 10.9 Å². The predicted octanol–water partition coefficient (Wildman–Crippen LogP) is 2.49. The van der Waals surface area contributed by atoms with Gasteiger partial charge < -0.3 is 0 Å². The van der Waals surface area contributed by atoms with Crippen molar-refractivity contribution >= 4 is 21.4 Å². The van der Waals surface area contributed by atoms with Crippen molar-refractivity contribution in [2.24, 2.45) is 0 Å². The van der Waals surface area contributed by atoms with Crippen LogP contribution in [-0.2, 0) is 10.0 Å². The summed E-state index contributed by atoms with van der Waals surface area (Å²) in [6, 6.07) is 8.00. The van der Waals surface area contributed by atoms with E-state index < -0.39 is 10.0 Å². The molecule has 6 heteroatoms. The molecule has 18 heavy (non-hydrogen) atoms. The van der Waals surface area contributed by atoms with E-state index in [1.54, 1.807) is 43.5 Å². The molecule has 1 aromatic carbocycles. The lowest BCUT2D eigenvalue weighted by molar-refractivity contribution is 0.566. The van der Waals surface area contributed by atoms with E-state index in [0.29, 0.717) is 0 Å². The first kappa shape index (κ1) is 13.2. The molecule has 1 heterocycles. The molecule has 2 rings (SSSR count). The first-order chi connectivity index (χ1) is 8.49. The highest BCUT2D eigenvalue weighted by atomic mass is 32.2. The number of hydrogen-bond donors (Lipinski definition) is 1. The van der Waals surface area contributed by atoms with Crippen molar-refractivity contribution in [3.63, 3.8) is 0 Å². The molecule has 0 radical (unpaired) electrons. The van der Waals surface area contributed by atoms with Crippen LogP contribution in [0.25, 0.3) is 0 Å². The van der Waals surface area contributed by atoms with Gasteiger partial charge in [0.05, 0.1) is 10.9 Å². The predicted molar refractivity (Wildman–Crippen MR) is 72.0 cm³/mol. The Balaban J connectivity index is 2.19. The van der Waals surface area contributed by atoms with Crippen LogP contribution in [0.4, 0.5) is 0 Å². The summed E-state index contributed by atoms with van der Waals surface area (Å²) < 4.78 is 26.8. The molecule has 1 aromatic heterocycles. The summed E-state index contributed by atoms with van der Waals surface area (Å²) in [5.41, 5.74) is 0. The number of benzene rings is 1. The van der Waals surface area contributed by atoms with Gasteiger partial charge in [0.2, 0.25) is 10.0 Å². The van der Waals surface area contributed by atoms with E-state index >= 15 is 0 Å². The topological polar surface area (TPSA) is 59.1 Å². The summed E-state index contributed by atoms with van der Waals surface area (Å²) in [7, 11) is -3.48. The average Bonchev–Trinajstić information content (AvgIpc) is 2.77. The molecule has 1 unspecified atom stereocenters. The lowest BCUT2D eigenvalue weighted by atomic mass is 10.4. The molecule has 0 saturated heterocycles. The quantitative estimate of drug-likeness (QED) is 0.937. The monoisotopic (exact) mass is 282 g/mol. The smallest absolute Gasteiger partial charge is 0.241 e. The minimum atomic E-state index is -3.48. The Labute approximate surface area is 111 Å². The van der Waals surface area contributed by atoms with E-state index in [9.17, 15) is 8.42 Å². The van der Waals surface area contributed by atoms with E-state index in [1.807, 2.05) is 6.92 Å². The van der Waals surface area contributed by atoms with Crippen molar-refractivity contribution in [2.75, 3.05) is 0 Å². The number of aromatic nitrogens is 1. The minimum absolute atomic E-state index is 0.269. The number of hydrogen-bond acceptors (Lipinski definition) is 4. The highest BCUT2D eigenvalue weighted by molar-refractivity contribution is 7.89. The van der Waals surface area contributed by atoms with Crippen LogP contribution in [0.2, 0.25) is 0 Å². The van der Waals surface area contributed by atoms with Crippen LogP contribution >= 0.6 is 11.3 Å².